The zero-order chi connectivity index (χ0) is 20.4. The van der Waals surface area contributed by atoms with Crippen LogP contribution in [0.5, 0.6) is 5.75 Å². The van der Waals surface area contributed by atoms with Gasteiger partial charge >= 0.3 is 0 Å². The number of ketones is 1. The van der Waals surface area contributed by atoms with Crippen molar-refractivity contribution in [2.24, 2.45) is 11.8 Å². The van der Waals surface area contributed by atoms with Gasteiger partial charge in [-0.2, -0.15) is 0 Å². The maximum Gasteiger partial charge on any atom is 0.167 e. The van der Waals surface area contributed by atoms with Crippen LogP contribution in [-0.4, -0.2) is 24.6 Å². The highest BCUT2D eigenvalue weighted by molar-refractivity contribution is 5.89. The van der Waals surface area contributed by atoms with E-state index in [-0.39, 0.29) is 34.7 Å². The summed E-state index contributed by atoms with van der Waals surface area (Å²) in [7, 11) is 1.73. The van der Waals surface area contributed by atoms with Crippen LogP contribution >= 0.6 is 0 Å². The van der Waals surface area contributed by atoms with Gasteiger partial charge in [0, 0.05) is 17.3 Å². The standard InChI is InChI=1S/C25H32O3/c1-14-17-8-9-19-18(15(2)23-22(26)16(3)24(4,5)28-23)12-13-25(19,6)20(17)10-11-21(14)27-7/h8-11,15-16,23H,12-13H2,1-7H3/t15-,16-,23+,25-/m0/s1. The lowest BCUT2D eigenvalue weighted by Crippen LogP contribution is -2.29. The second-order valence-electron chi connectivity index (χ2n) is 9.51. The molecule has 0 bridgehead atoms. The van der Waals surface area contributed by atoms with Crippen LogP contribution in [0, 0.1) is 18.8 Å². The molecule has 3 heteroatoms. The van der Waals surface area contributed by atoms with E-state index in [1.165, 1.54) is 27.8 Å². The molecule has 2 aliphatic carbocycles. The summed E-state index contributed by atoms with van der Waals surface area (Å²) in [5.41, 5.74) is 6.23. The Morgan fingerprint density at radius 3 is 2.54 bits per heavy atom. The normalized spacial score (nSPS) is 31.8. The lowest BCUT2D eigenvalue weighted by Gasteiger charge is -2.34. The van der Waals surface area contributed by atoms with Gasteiger partial charge in [0.2, 0.25) is 0 Å². The minimum Gasteiger partial charge on any atom is -0.496 e. The van der Waals surface area contributed by atoms with E-state index < -0.39 is 0 Å². The Balaban J connectivity index is 1.75. The molecule has 4 rings (SSSR count). The van der Waals surface area contributed by atoms with Crippen LogP contribution in [0.15, 0.2) is 29.4 Å². The predicted octanol–water partition coefficient (Wildman–Crippen LogP) is 5.40. The third-order valence-electron chi connectivity index (χ3n) is 7.72. The minimum absolute atomic E-state index is 0.00645. The van der Waals surface area contributed by atoms with E-state index in [2.05, 4.69) is 45.1 Å². The molecule has 4 atom stereocenters. The fourth-order valence-electron chi connectivity index (χ4n) is 5.45. The molecule has 0 aromatic heterocycles. The van der Waals surface area contributed by atoms with Gasteiger partial charge in [0.25, 0.3) is 0 Å². The number of methoxy groups -OCH3 is 1. The maximum absolute atomic E-state index is 12.9. The van der Waals surface area contributed by atoms with E-state index in [0.29, 0.717) is 0 Å². The van der Waals surface area contributed by atoms with Crippen molar-refractivity contribution < 1.29 is 14.3 Å². The Bertz CT molecular complexity index is 905. The molecular weight excluding hydrogens is 348 g/mol. The fraction of sp³-hybridized carbons (Fsp3) is 0.560. The summed E-state index contributed by atoms with van der Waals surface area (Å²) in [6.45, 7) is 12.7. The van der Waals surface area contributed by atoms with Gasteiger partial charge < -0.3 is 9.47 Å². The molecule has 1 aliphatic heterocycles. The Morgan fingerprint density at radius 2 is 1.93 bits per heavy atom. The molecule has 0 radical (unpaired) electrons. The lowest BCUT2D eigenvalue weighted by molar-refractivity contribution is -0.126. The lowest BCUT2D eigenvalue weighted by atomic mass is 9.70. The zero-order valence-electron chi connectivity index (χ0n) is 18.2. The molecule has 0 N–H and O–H groups in total. The molecule has 1 aromatic rings. The summed E-state index contributed by atoms with van der Waals surface area (Å²) < 4.78 is 11.8. The van der Waals surface area contributed by atoms with Crippen molar-refractivity contribution >= 4 is 11.9 Å². The molecule has 1 heterocycles. The molecule has 28 heavy (non-hydrogen) atoms. The molecule has 150 valence electrons. The SMILES string of the molecule is COc1ccc2c(c1C)C=CC1=C([C@H](C)[C@H]3OC(C)(C)[C@@H](C)C3=O)CC[C@@]12C. The van der Waals surface area contributed by atoms with Crippen LogP contribution in [0.4, 0.5) is 0 Å². The number of rotatable bonds is 3. The van der Waals surface area contributed by atoms with Gasteiger partial charge in [-0.25, -0.2) is 0 Å². The smallest absolute Gasteiger partial charge is 0.167 e. The molecule has 1 saturated heterocycles. The van der Waals surface area contributed by atoms with Crippen molar-refractivity contribution in [3.63, 3.8) is 0 Å². The Hall–Kier alpha value is -1.87. The highest BCUT2D eigenvalue weighted by Gasteiger charge is 2.50. The van der Waals surface area contributed by atoms with Crippen molar-refractivity contribution in [1.82, 2.24) is 0 Å². The van der Waals surface area contributed by atoms with E-state index in [9.17, 15) is 4.79 Å². The summed E-state index contributed by atoms with van der Waals surface area (Å²) in [6.07, 6.45) is 6.27. The molecule has 0 spiro atoms. The first-order chi connectivity index (χ1) is 13.1. The summed E-state index contributed by atoms with van der Waals surface area (Å²) in [6, 6.07) is 4.31. The Kier molecular flexibility index (Phi) is 4.39. The highest BCUT2D eigenvalue weighted by Crippen LogP contribution is 2.53. The average molecular weight is 381 g/mol. The number of fused-ring (bicyclic) bond motifs is 3. The maximum atomic E-state index is 12.9. The fourth-order valence-corrected chi connectivity index (χ4v) is 5.45. The van der Waals surface area contributed by atoms with Crippen LogP contribution in [0.1, 0.15) is 64.2 Å². The number of hydrogen-bond donors (Lipinski definition) is 0. The van der Waals surface area contributed by atoms with Crippen LogP contribution in [0.25, 0.3) is 6.08 Å². The third-order valence-corrected chi connectivity index (χ3v) is 7.72. The molecule has 0 amide bonds. The molecule has 1 fully saturated rings. The zero-order valence-corrected chi connectivity index (χ0v) is 18.2. The van der Waals surface area contributed by atoms with E-state index in [4.69, 9.17) is 9.47 Å². The first kappa shape index (κ1) is 19.4. The van der Waals surface area contributed by atoms with Gasteiger partial charge in [0.1, 0.15) is 11.9 Å². The average Bonchev–Trinajstić information content (AvgIpc) is 3.11. The largest absolute Gasteiger partial charge is 0.496 e. The predicted molar refractivity (Wildman–Crippen MR) is 113 cm³/mol. The van der Waals surface area contributed by atoms with Crippen molar-refractivity contribution in [3.8, 4) is 5.75 Å². The van der Waals surface area contributed by atoms with Crippen molar-refractivity contribution in [2.45, 2.75) is 71.5 Å². The molecule has 3 aliphatic rings. The van der Waals surface area contributed by atoms with E-state index in [0.717, 1.165) is 18.6 Å². The van der Waals surface area contributed by atoms with Crippen molar-refractivity contribution in [3.05, 3.63) is 46.0 Å². The van der Waals surface area contributed by atoms with Gasteiger partial charge in [0.15, 0.2) is 5.78 Å². The quantitative estimate of drug-likeness (QED) is 0.704. The molecule has 0 saturated carbocycles. The van der Waals surface area contributed by atoms with Crippen LogP contribution in [0.2, 0.25) is 0 Å². The van der Waals surface area contributed by atoms with Crippen LogP contribution < -0.4 is 4.74 Å². The second kappa shape index (κ2) is 6.32. The van der Waals surface area contributed by atoms with Gasteiger partial charge in [-0.3, -0.25) is 4.79 Å². The second-order valence-corrected chi connectivity index (χ2v) is 9.51. The van der Waals surface area contributed by atoms with Gasteiger partial charge in [-0.05, 0) is 61.9 Å². The van der Waals surface area contributed by atoms with Crippen LogP contribution in [0.3, 0.4) is 0 Å². The summed E-state index contributed by atoms with van der Waals surface area (Å²) in [5.74, 6) is 1.24. The van der Waals surface area contributed by atoms with Crippen molar-refractivity contribution in [1.29, 1.82) is 0 Å². The Labute approximate surface area is 168 Å². The first-order valence-corrected chi connectivity index (χ1v) is 10.4. The number of ether oxygens (including phenoxy) is 2. The summed E-state index contributed by atoms with van der Waals surface area (Å²) >= 11 is 0. The summed E-state index contributed by atoms with van der Waals surface area (Å²) in [4.78, 5) is 12.9. The molecule has 3 nitrogen and oxygen atoms in total. The number of Topliss-reactive ketones (excluding diaryl/α,β-unsaturated/α-hetero) is 1. The van der Waals surface area contributed by atoms with Crippen molar-refractivity contribution in [2.75, 3.05) is 7.11 Å². The molecular formula is C25H32O3. The molecule has 1 aromatic carbocycles. The Morgan fingerprint density at radius 1 is 1.21 bits per heavy atom. The van der Waals surface area contributed by atoms with Crippen LogP contribution in [-0.2, 0) is 14.9 Å². The monoisotopic (exact) mass is 380 g/mol. The number of benzene rings is 1. The molecule has 0 unspecified atom stereocenters. The van der Waals surface area contributed by atoms with E-state index >= 15 is 0 Å². The number of carbonyl (C=O) groups is 1. The third kappa shape index (κ3) is 2.55. The topological polar surface area (TPSA) is 35.5 Å². The van der Waals surface area contributed by atoms with E-state index in [1.807, 2.05) is 20.8 Å². The highest BCUT2D eigenvalue weighted by atomic mass is 16.5. The van der Waals surface area contributed by atoms with E-state index in [1.54, 1.807) is 7.11 Å². The minimum atomic E-state index is -0.383. The van der Waals surface area contributed by atoms with Gasteiger partial charge in [0.05, 0.1) is 12.7 Å². The number of allylic oxidation sites excluding steroid dienone is 2. The van der Waals surface area contributed by atoms with Gasteiger partial charge in [-0.15, -0.1) is 0 Å². The first-order valence-electron chi connectivity index (χ1n) is 10.4. The summed E-state index contributed by atoms with van der Waals surface area (Å²) in [5, 5.41) is 0. The van der Waals surface area contributed by atoms with Gasteiger partial charge in [-0.1, -0.05) is 44.6 Å². The number of hydrogen-bond acceptors (Lipinski definition) is 3. The number of carbonyl (C=O) groups excluding carboxylic acids is 1.